The fraction of sp³-hybridized carbons (Fsp3) is 0.786. The van der Waals surface area contributed by atoms with Crippen LogP contribution in [0.4, 0.5) is 10.8 Å². The van der Waals surface area contributed by atoms with Gasteiger partial charge in [-0.3, -0.25) is 0 Å². The minimum atomic E-state index is -3.33. The molecule has 0 bridgehead atoms. The van der Waals surface area contributed by atoms with E-state index in [1.165, 1.54) is 25.7 Å². The molecule has 2 rings (SSSR count). The van der Waals surface area contributed by atoms with Gasteiger partial charge in [-0.05, 0) is 36.2 Å². The number of rotatable bonds is 6. The zero-order valence-corrected chi connectivity index (χ0v) is 14.4. The van der Waals surface area contributed by atoms with E-state index in [1.807, 2.05) is 6.92 Å². The largest absolute Gasteiger partial charge is 0.382 e. The molecule has 1 fully saturated rings. The van der Waals surface area contributed by atoms with E-state index < -0.39 is 9.84 Å². The summed E-state index contributed by atoms with van der Waals surface area (Å²) in [5.41, 5.74) is 5.77. The Morgan fingerprint density at radius 1 is 1.38 bits per heavy atom. The molecule has 120 valence electrons. The SMILES string of the molecule is CCCS(=O)(=O)c1c(N)nsc1NCC1CCCCC1C. The fourth-order valence-corrected chi connectivity index (χ4v) is 5.63. The second-order valence-corrected chi connectivity index (χ2v) is 8.77. The van der Waals surface area contributed by atoms with Gasteiger partial charge in [-0.15, -0.1) is 0 Å². The van der Waals surface area contributed by atoms with Crippen LogP contribution in [-0.4, -0.2) is 25.1 Å². The molecule has 7 heteroatoms. The average Bonchev–Trinajstić information content (AvgIpc) is 2.80. The third kappa shape index (κ3) is 3.88. The Bertz CT molecular complexity index is 569. The molecule has 1 aliphatic rings. The summed E-state index contributed by atoms with van der Waals surface area (Å²) in [6.45, 7) is 4.93. The number of hydrogen-bond acceptors (Lipinski definition) is 6. The van der Waals surface area contributed by atoms with Gasteiger partial charge in [0.05, 0.1) is 5.75 Å². The monoisotopic (exact) mass is 331 g/mol. The smallest absolute Gasteiger partial charge is 0.185 e. The van der Waals surface area contributed by atoms with Crippen molar-refractivity contribution in [2.24, 2.45) is 11.8 Å². The average molecular weight is 332 g/mol. The van der Waals surface area contributed by atoms with E-state index >= 15 is 0 Å². The van der Waals surface area contributed by atoms with E-state index in [0.29, 0.717) is 23.3 Å². The minimum Gasteiger partial charge on any atom is -0.382 e. The summed E-state index contributed by atoms with van der Waals surface area (Å²) in [5.74, 6) is 1.54. The molecule has 3 N–H and O–H groups in total. The van der Waals surface area contributed by atoms with Crippen molar-refractivity contribution in [2.45, 2.75) is 50.8 Å². The van der Waals surface area contributed by atoms with Gasteiger partial charge in [-0.2, -0.15) is 4.37 Å². The van der Waals surface area contributed by atoms with Gasteiger partial charge >= 0.3 is 0 Å². The van der Waals surface area contributed by atoms with E-state index in [1.54, 1.807) is 0 Å². The number of sulfone groups is 1. The van der Waals surface area contributed by atoms with Gasteiger partial charge in [0.1, 0.15) is 9.90 Å². The van der Waals surface area contributed by atoms with Crippen molar-refractivity contribution >= 4 is 32.2 Å². The highest BCUT2D eigenvalue weighted by molar-refractivity contribution is 7.91. The Hall–Kier alpha value is -0.820. The molecule has 1 aromatic rings. The molecular formula is C14H25N3O2S2. The topological polar surface area (TPSA) is 85.1 Å². The summed E-state index contributed by atoms with van der Waals surface area (Å²) < 4.78 is 28.6. The predicted octanol–water partition coefficient (Wildman–Crippen LogP) is 3.15. The van der Waals surface area contributed by atoms with E-state index in [9.17, 15) is 8.42 Å². The van der Waals surface area contributed by atoms with Crippen LogP contribution in [0, 0.1) is 11.8 Å². The van der Waals surface area contributed by atoms with Gasteiger partial charge < -0.3 is 11.1 Å². The third-order valence-electron chi connectivity index (χ3n) is 4.27. The van der Waals surface area contributed by atoms with Gasteiger partial charge in [0.2, 0.25) is 0 Å². The van der Waals surface area contributed by atoms with Crippen LogP contribution in [-0.2, 0) is 9.84 Å². The van der Waals surface area contributed by atoms with Crippen LogP contribution in [0.3, 0.4) is 0 Å². The maximum absolute atomic E-state index is 12.3. The Morgan fingerprint density at radius 3 is 2.76 bits per heavy atom. The van der Waals surface area contributed by atoms with E-state index in [0.717, 1.165) is 18.1 Å². The lowest BCUT2D eigenvalue weighted by atomic mass is 9.80. The van der Waals surface area contributed by atoms with Crippen molar-refractivity contribution in [3.8, 4) is 0 Å². The third-order valence-corrected chi connectivity index (χ3v) is 7.20. The van der Waals surface area contributed by atoms with Crippen molar-refractivity contribution in [1.29, 1.82) is 0 Å². The first-order chi connectivity index (χ1) is 9.95. The van der Waals surface area contributed by atoms with E-state index in [2.05, 4.69) is 16.6 Å². The molecule has 1 heterocycles. The Balaban J connectivity index is 2.11. The number of nitrogen functional groups attached to an aromatic ring is 1. The highest BCUT2D eigenvalue weighted by Gasteiger charge is 2.26. The Morgan fingerprint density at radius 2 is 2.10 bits per heavy atom. The lowest BCUT2D eigenvalue weighted by molar-refractivity contribution is 0.268. The summed E-state index contributed by atoms with van der Waals surface area (Å²) >= 11 is 1.15. The highest BCUT2D eigenvalue weighted by Crippen LogP contribution is 2.34. The number of nitrogens with zero attached hydrogens (tertiary/aromatic N) is 1. The molecule has 2 unspecified atom stereocenters. The van der Waals surface area contributed by atoms with Crippen molar-refractivity contribution in [2.75, 3.05) is 23.3 Å². The number of anilines is 2. The molecule has 5 nitrogen and oxygen atoms in total. The normalized spacial score (nSPS) is 23.1. The lowest BCUT2D eigenvalue weighted by Gasteiger charge is -2.28. The van der Waals surface area contributed by atoms with Crippen LogP contribution < -0.4 is 11.1 Å². The van der Waals surface area contributed by atoms with Crippen LogP contribution in [0.25, 0.3) is 0 Å². The van der Waals surface area contributed by atoms with E-state index in [4.69, 9.17) is 5.73 Å². The van der Waals surface area contributed by atoms with Crippen LogP contribution in [0.15, 0.2) is 4.90 Å². The molecule has 1 aromatic heterocycles. The standard InChI is InChI=1S/C14H25N3O2S2/c1-3-8-21(18,19)12-13(15)17-20-14(12)16-9-11-7-5-4-6-10(11)2/h10-11,16H,3-9H2,1-2H3,(H2,15,17). The maximum Gasteiger partial charge on any atom is 0.185 e. The van der Waals surface area contributed by atoms with Crippen LogP contribution in [0.5, 0.6) is 0 Å². The number of nitrogens with two attached hydrogens (primary N) is 1. The highest BCUT2D eigenvalue weighted by atomic mass is 32.2. The number of aromatic nitrogens is 1. The Labute approximate surface area is 131 Å². The van der Waals surface area contributed by atoms with Crippen molar-refractivity contribution in [3.63, 3.8) is 0 Å². The van der Waals surface area contributed by atoms with E-state index in [-0.39, 0.29) is 16.5 Å². The molecule has 1 aliphatic carbocycles. The van der Waals surface area contributed by atoms with Gasteiger partial charge in [-0.25, -0.2) is 8.42 Å². The molecule has 0 amide bonds. The van der Waals surface area contributed by atoms with Gasteiger partial charge in [-0.1, -0.05) is 33.1 Å². The molecule has 0 radical (unpaired) electrons. The molecule has 0 saturated heterocycles. The Kier molecular flexibility index (Phi) is 5.48. The molecule has 0 aliphatic heterocycles. The molecule has 2 atom stereocenters. The molecular weight excluding hydrogens is 306 g/mol. The first kappa shape index (κ1) is 16.5. The van der Waals surface area contributed by atoms with Crippen molar-refractivity contribution < 1.29 is 8.42 Å². The zero-order valence-electron chi connectivity index (χ0n) is 12.8. The summed E-state index contributed by atoms with van der Waals surface area (Å²) in [6, 6.07) is 0. The second-order valence-electron chi connectivity index (χ2n) is 5.95. The summed E-state index contributed by atoms with van der Waals surface area (Å²) in [7, 11) is -3.33. The lowest BCUT2D eigenvalue weighted by Crippen LogP contribution is -2.24. The number of hydrogen-bond donors (Lipinski definition) is 2. The van der Waals surface area contributed by atoms with Crippen molar-refractivity contribution in [1.82, 2.24) is 4.37 Å². The molecule has 21 heavy (non-hydrogen) atoms. The number of nitrogens with one attached hydrogen (secondary N) is 1. The van der Waals surface area contributed by atoms with Crippen molar-refractivity contribution in [3.05, 3.63) is 0 Å². The minimum absolute atomic E-state index is 0.115. The van der Waals surface area contributed by atoms with Gasteiger partial charge in [0, 0.05) is 6.54 Å². The molecule has 0 aromatic carbocycles. The first-order valence-corrected chi connectivity index (χ1v) is 10.1. The zero-order chi connectivity index (χ0) is 15.5. The molecule has 0 spiro atoms. The fourth-order valence-electron chi connectivity index (χ4n) is 3.00. The van der Waals surface area contributed by atoms with Gasteiger partial charge in [0.15, 0.2) is 15.7 Å². The first-order valence-electron chi connectivity index (χ1n) is 7.67. The summed E-state index contributed by atoms with van der Waals surface area (Å²) in [4.78, 5) is 0.206. The summed E-state index contributed by atoms with van der Waals surface area (Å²) in [6.07, 6.45) is 5.62. The second kappa shape index (κ2) is 6.96. The quantitative estimate of drug-likeness (QED) is 0.836. The van der Waals surface area contributed by atoms with Crippen LogP contribution >= 0.6 is 11.5 Å². The summed E-state index contributed by atoms with van der Waals surface area (Å²) in [5, 5.41) is 3.91. The van der Waals surface area contributed by atoms with Crippen LogP contribution in [0.2, 0.25) is 0 Å². The molecule has 1 saturated carbocycles. The van der Waals surface area contributed by atoms with Crippen LogP contribution in [0.1, 0.15) is 46.0 Å². The maximum atomic E-state index is 12.3. The van der Waals surface area contributed by atoms with Gasteiger partial charge in [0.25, 0.3) is 0 Å². The predicted molar refractivity (Wildman–Crippen MR) is 88.5 cm³/mol.